The van der Waals surface area contributed by atoms with Crippen molar-refractivity contribution >= 4 is 29.0 Å². The molecule has 3 rings (SSSR count). The van der Waals surface area contributed by atoms with E-state index in [1.54, 1.807) is 7.11 Å². The van der Waals surface area contributed by atoms with Gasteiger partial charge in [-0.2, -0.15) is 0 Å². The van der Waals surface area contributed by atoms with Crippen LogP contribution in [0.4, 0.5) is 11.7 Å². The highest BCUT2D eigenvalue weighted by Gasteiger charge is 2.10. The average molecular weight is 326 g/mol. The van der Waals surface area contributed by atoms with Gasteiger partial charge in [-0.05, 0) is 48.6 Å². The van der Waals surface area contributed by atoms with E-state index < -0.39 is 0 Å². The maximum absolute atomic E-state index is 5.55. The number of nitrogens with zero attached hydrogens (tertiary/aromatic N) is 2. The van der Waals surface area contributed by atoms with Crippen LogP contribution in [-0.4, -0.2) is 22.4 Å². The molecule has 0 fully saturated rings. The molecule has 2 aromatic carbocycles. The van der Waals surface area contributed by atoms with Crippen LogP contribution in [0.2, 0.25) is 0 Å². The number of nitrogens with one attached hydrogen (secondary N) is 2. The Morgan fingerprint density at radius 3 is 2.43 bits per heavy atom. The first-order valence-electron chi connectivity index (χ1n) is 6.85. The topological polar surface area (TPSA) is 72.2 Å². The molecule has 6 nitrogen and oxygen atoms in total. The molecule has 0 aliphatic heterocycles. The zero-order valence-electron chi connectivity index (χ0n) is 12.3. The predicted molar refractivity (Wildman–Crippen MR) is 92.6 cm³/mol. The van der Waals surface area contributed by atoms with E-state index in [1.807, 2.05) is 54.6 Å². The maximum atomic E-state index is 5.55. The molecule has 0 amide bonds. The third-order valence-electron chi connectivity index (χ3n) is 3.01. The third-order valence-corrected chi connectivity index (χ3v) is 3.22. The van der Waals surface area contributed by atoms with Gasteiger partial charge in [-0.15, -0.1) is 5.10 Å². The van der Waals surface area contributed by atoms with Gasteiger partial charge < -0.3 is 14.5 Å². The maximum Gasteiger partial charge on any atom is 0.322 e. The molecular weight excluding hydrogens is 312 g/mol. The number of thiocarbonyl (C=S) groups is 1. The van der Waals surface area contributed by atoms with Crippen LogP contribution in [0.5, 0.6) is 5.75 Å². The van der Waals surface area contributed by atoms with E-state index in [0.29, 0.717) is 11.0 Å². The Morgan fingerprint density at radius 2 is 1.74 bits per heavy atom. The summed E-state index contributed by atoms with van der Waals surface area (Å²) in [6, 6.07) is 17.1. The standard InChI is InChI=1S/C16H14N4O2S/c1-21-13-9-7-11(8-10-13)14-19-20-15(22-14)18-16(23)17-12-5-3-2-4-6-12/h2-10H,1H3,(H2,17,18,20,23). The van der Waals surface area contributed by atoms with Crippen molar-refractivity contribution in [2.45, 2.75) is 0 Å². The number of methoxy groups -OCH3 is 1. The van der Waals surface area contributed by atoms with Gasteiger partial charge in [0.15, 0.2) is 5.11 Å². The van der Waals surface area contributed by atoms with Crippen molar-refractivity contribution in [2.24, 2.45) is 0 Å². The average Bonchev–Trinajstić information content (AvgIpc) is 3.04. The molecule has 0 spiro atoms. The summed E-state index contributed by atoms with van der Waals surface area (Å²) in [5.41, 5.74) is 1.67. The first kappa shape index (κ1) is 15.0. The summed E-state index contributed by atoms with van der Waals surface area (Å²) < 4.78 is 10.7. The third kappa shape index (κ3) is 3.83. The Bertz CT molecular complexity index is 787. The highest BCUT2D eigenvalue weighted by Crippen LogP contribution is 2.22. The fraction of sp³-hybridized carbons (Fsp3) is 0.0625. The normalized spacial score (nSPS) is 10.1. The monoisotopic (exact) mass is 326 g/mol. The van der Waals surface area contributed by atoms with Crippen LogP contribution in [0, 0.1) is 0 Å². The van der Waals surface area contributed by atoms with Gasteiger partial charge in [-0.1, -0.05) is 23.3 Å². The summed E-state index contributed by atoms with van der Waals surface area (Å²) in [5.74, 6) is 1.16. The van der Waals surface area contributed by atoms with Gasteiger partial charge in [0, 0.05) is 11.3 Å². The minimum Gasteiger partial charge on any atom is -0.497 e. The van der Waals surface area contributed by atoms with Gasteiger partial charge in [0.05, 0.1) is 7.11 Å². The molecule has 0 aliphatic rings. The summed E-state index contributed by atoms with van der Waals surface area (Å²) in [5, 5.41) is 14.2. The summed E-state index contributed by atoms with van der Waals surface area (Å²) >= 11 is 5.21. The second-order valence-corrected chi connectivity index (χ2v) is 4.99. The van der Waals surface area contributed by atoms with Gasteiger partial charge in [0.25, 0.3) is 0 Å². The Morgan fingerprint density at radius 1 is 1.00 bits per heavy atom. The molecule has 0 saturated heterocycles. The lowest BCUT2D eigenvalue weighted by Crippen LogP contribution is -2.19. The van der Waals surface area contributed by atoms with E-state index in [9.17, 15) is 0 Å². The van der Waals surface area contributed by atoms with Crippen LogP contribution in [0.1, 0.15) is 0 Å². The van der Waals surface area contributed by atoms with Gasteiger partial charge in [0.1, 0.15) is 5.75 Å². The quantitative estimate of drug-likeness (QED) is 0.710. The van der Waals surface area contributed by atoms with Gasteiger partial charge >= 0.3 is 6.01 Å². The van der Waals surface area contributed by atoms with Crippen molar-refractivity contribution in [2.75, 3.05) is 17.7 Å². The minimum absolute atomic E-state index is 0.226. The lowest BCUT2D eigenvalue weighted by Gasteiger charge is -2.06. The molecule has 23 heavy (non-hydrogen) atoms. The van der Waals surface area contributed by atoms with E-state index >= 15 is 0 Å². The van der Waals surface area contributed by atoms with Gasteiger partial charge in [-0.3, -0.25) is 5.32 Å². The Kier molecular flexibility index (Phi) is 4.49. The van der Waals surface area contributed by atoms with E-state index in [1.165, 1.54) is 0 Å². The van der Waals surface area contributed by atoms with Crippen LogP contribution >= 0.6 is 12.2 Å². The van der Waals surface area contributed by atoms with E-state index in [-0.39, 0.29) is 6.01 Å². The minimum atomic E-state index is 0.226. The molecule has 0 atom stereocenters. The largest absolute Gasteiger partial charge is 0.497 e. The first-order valence-corrected chi connectivity index (χ1v) is 7.26. The number of benzene rings is 2. The number of aromatic nitrogens is 2. The summed E-state index contributed by atoms with van der Waals surface area (Å²) in [6.45, 7) is 0. The summed E-state index contributed by atoms with van der Waals surface area (Å²) in [4.78, 5) is 0. The summed E-state index contributed by atoms with van der Waals surface area (Å²) in [6.07, 6.45) is 0. The highest BCUT2D eigenvalue weighted by molar-refractivity contribution is 7.80. The number of ether oxygens (including phenoxy) is 1. The SMILES string of the molecule is COc1ccc(-c2nnc(NC(=S)Nc3ccccc3)o2)cc1. The first-order chi connectivity index (χ1) is 11.2. The van der Waals surface area contributed by atoms with E-state index in [4.69, 9.17) is 21.4 Å². The number of anilines is 2. The zero-order chi connectivity index (χ0) is 16.1. The number of para-hydroxylation sites is 1. The summed E-state index contributed by atoms with van der Waals surface area (Å²) in [7, 11) is 1.62. The van der Waals surface area contributed by atoms with Crippen molar-refractivity contribution in [3.05, 3.63) is 54.6 Å². The van der Waals surface area contributed by atoms with Crippen LogP contribution in [0.3, 0.4) is 0 Å². The molecule has 0 saturated carbocycles. The van der Waals surface area contributed by atoms with Gasteiger partial charge in [-0.25, -0.2) is 0 Å². The molecule has 0 bridgehead atoms. The Labute approximate surface area is 138 Å². The smallest absolute Gasteiger partial charge is 0.322 e. The molecule has 1 heterocycles. The van der Waals surface area contributed by atoms with Crippen molar-refractivity contribution in [1.82, 2.24) is 10.2 Å². The molecule has 2 N–H and O–H groups in total. The lowest BCUT2D eigenvalue weighted by atomic mass is 10.2. The molecule has 1 aromatic heterocycles. The van der Waals surface area contributed by atoms with E-state index in [0.717, 1.165) is 17.0 Å². The van der Waals surface area contributed by atoms with Crippen LogP contribution in [-0.2, 0) is 0 Å². The molecule has 0 aliphatic carbocycles. The predicted octanol–water partition coefficient (Wildman–Crippen LogP) is 3.55. The zero-order valence-corrected chi connectivity index (χ0v) is 13.1. The second-order valence-electron chi connectivity index (χ2n) is 4.59. The fourth-order valence-electron chi connectivity index (χ4n) is 1.90. The number of rotatable bonds is 4. The van der Waals surface area contributed by atoms with Gasteiger partial charge in [0.2, 0.25) is 5.89 Å². The molecular formula is C16H14N4O2S. The number of hydrogen-bond donors (Lipinski definition) is 2. The van der Waals surface area contributed by atoms with Crippen molar-refractivity contribution < 1.29 is 9.15 Å². The van der Waals surface area contributed by atoms with Crippen molar-refractivity contribution in [3.8, 4) is 17.2 Å². The van der Waals surface area contributed by atoms with Crippen molar-refractivity contribution in [1.29, 1.82) is 0 Å². The number of hydrogen-bond acceptors (Lipinski definition) is 5. The molecule has 0 unspecified atom stereocenters. The van der Waals surface area contributed by atoms with E-state index in [2.05, 4.69) is 20.8 Å². The van der Waals surface area contributed by atoms with Crippen molar-refractivity contribution in [3.63, 3.8) is 0 Å². The molecule has 0 radical (unpaired) electrons. The van der Waals surface area contributed by atoms with Crippen LogP contribution in [0.25, 0.3) is 11.5 Å². The van der Waals surface area contributed by atoms with Crippen LogP contribution in [0.15, 0.2) is 59.0 Å². The Hall–Kier alpha value is -2.93. The molecule has 116 valence electrons. The molecule has 7 heteroatoms. The highest BCUT2D eigenvalue weighted by atomic mass is 32.1. The molecule has 3 aromatic rings. The Balaban J connectivity index is 1.65. The lowest BCUT2D eigenvalue weighted by molar-refractivity contribution is 0.415. The fourth-order valence-corrected chi connectivity index (χ4v) is 2.11. The van der Waals surface area contributed by atoms with Crippen LogP contribution < -0.4 is 15.4 Å². The second kappa shape index (κ2) is 6.89.